The zero-order valence-electron chi connectivity index (χ0n) is 11.3. The molecule has 0 aromatic carbocycles. The molecule has 0 atom stereocenters. The second kappa shape index (κ2) is 7.46. The molecule has 0 aliphatic heterocycles. The van der Waals surface area contributed by atoms with Crippen molar-refractivity contribution in [3.05, 3.63) is 11.9 Å². The van der Waals surface area contributed by atoms with Gasteiger partial charge in [0.25, 0.3) is 0 Å². The van der Waals surface area contributed by atoms with Crippen LogP contribution >= 0.6 is 0 Å². The van der Waals surface area contributed by atoms with Gasteiger partial charge in [-0.2, -0.15) is 0 Å². The lowest BCUT2D eigenvalue weighted by atomic mass is 9.79. The molecular weight excluding hydrogens is 264 g/mol. The van der Waals surface area contributed by atoms with Crippen LogP contribution in [0.3, 0.4) is 0 Å². The molecule has 8 heteroatoms. The average molecular weight is 282 g/mol. The highest BCUT2D eigenvalue weighted by atomic mass is 16.4. The molecule has 110 valence electrons. The van der Waals surface area contributed by atoms with E-state index in [1.807, 2.05) is 0 Å². The first-order chi connectivity index (χ1) is 9.55. The van der Waals surface area contributed by atoms with Crippen molar-refractivity contribution in [1.82, 2.24) is 20.6 Å². The van der Waals surface area contributed by atoms with Gasteiger partial charge in [-0.3, -0.25) is 9.59 Å². The molecule has 0 spiro atoms. The van der Waals surface area contributed by atoms with Crippen LogP contribution in [0, 0.1) is 0 Å². The summed E-state index contributed by atoms with van der Waals surface area (Å²) in [6.07, 6.45) is 5.33. The standard InChI is InChI=1S/C12H18N4O4/c1-2-3-4-5-6-7-12(10(17)18,11(19)20)9-8-13-15-16-14-9/h8H,2-7H2,1H3,(H,17,18)(H,19,20). The maximum atomic E-state index is 11.5. The molecule has 20 heavy (non-hydrogen) atoms. The maximum Gasteiger partial charge on any atom is 0.327 e. The fourth-order valence-electron chi connectivity index (χ4n) is 2.04. The summed E-state index contributed by atoms with van der Waals surface area (Å²) < 4.78 is 0. The van der Waals surface area contributed by atoms with Gasteiger partial charge < -0.3 is 10.2 Å². The zero-order chi connectivity index (χ0) is 15.0. The third kappa shape index (κ3) is 3.46. The van der Waals surface area contributed by atoms with Crippen LogP contribution in [0.1, 0.15) is 51.1 Å². The summed E-state index contributed by atoms with van der Waals surface area (Å²) in [7, 11) is 0. The molecule has 0 bridgehead atoms. The number of aliphatic carboxylic acids is 2. The summed E-state index contributed by atoms with van der Waals surface area (Å²) in [5, 5.41) is 32.1. The molecule has 0 unspecified atom stereocenters. The van der Waals surface area contributed by atoms with E-state index in [0.29, 0.717) is 6.42 Å². The van der Waals surface area contributed by atoms with Gasteiger partial charge in [-0.05, 0) is 16.8 Å². The summed E-state index contributed by atoms with van der Waals surface area (Å²) in [5.74, 6) is -2.91. The number of nitrogens with zero attached hydrogens (tertiary/aromatic N) is 4. The molecule has 0 amide bonds. The number of unbranched alkanes of at least 4 members (excludes halogenated alkanes) is 4. The van der Waals surface area contributed by atoms with Crippen molar-refractivity contribution >= 4 is 11.9 Å². The van der Waals surface area contributed by atoms with Crippen LogP contribution in [-0.4, -0.2) is 42.8 Å². The summed E-state index contributed by atoms with van der Waals surface area (Å²) >= 11 is 0. The largest absolute Gasteiger partial charge is 0.480 e. The Morgan fingerprint density at radius 2 is 1.75 bits per heavy atom. The number of aromatic nitrogens is 4. The third-order valence-electron chi connectivity index (χ3n) is 3.25. The quantitative estimate of drug-likeness (QED) is 0.508. The number of carbonyl (C=O) groups is 2. The number of hydrogen-bond donors (Lipinski definition) is 2. The molecule has 0 fully saturated rings. The van der Waals surface area contributed by atoms with Gasteiger partial charge in [0.05, 0.1) is 6.20 Å². The van der Waals surface area contributed by atoms with Gasteiger partial charge >= 0.3 is 11.9 Å². The minimum atomic E-state index is -2.10. The van der Waals surface area contributed by atoms with E-state index < -0.39 is 17.4 Å². The number of carboxylic acid groups (broad SMARTS) is 2. The Morgan fingerprint density at radius 3 is 2.25 bits per heavy atom. The van der Waals surface area contributed by atoms with E-state index in [1.165, 1.54) is 0 Å². The average Bonchev–Trinajstić information content (AvgIpc) is 2.43. The fraction of sp³-hybridized carbons (Fsp3) is 0.667. The highest BCUT2D eigenvalue weighted by Gasteiger charge is 2.50. The van der Waals surface area contributed by atoms with Crippen LogP contribution < -0.4 is 0 Å². The van der Waals surface area contributed by atoms with Crippen LogP contribution in [0.15, 0.2) is 6.20 Å². The first kappa shape index (κ1) is 15.9. The highest BCUT2D eigenvalue weighted by molar-refractivity contribution is 6.04. The predicted octanol–water partition coefficient (Wildman–Crippen LogP) is 1.03. The van der Waals surface area contributed by atoms with Crippen molar-refractivity contribution < 1.29 is 19.8 Å². The van der Waals surface area contributed by atoms with Crippen molar-refractivity contribution in [3.63, 3.8) is 0 Å². The van der Waals surface area contributed by atoms with E-state index in [2.05, 4.69) is 27.5 Å². The van der Waals surface area contributed by atoms with Gasteiger partial charge in [0.1, 0.15) is 5.69 Å². The Hall–Kier alpha value is -2.12. The summed E-state index contributed by atoms with van der Waals surface area (Å²) in [5.41, 5.74) is -2.29. The van der Waals surface area contributed by atoms with Crippen molar-refractivity contribution in [1.29, 1.82) is 0 Å². The number of rotatable bonds is 9. The molecule has 1 heterocycles. The lowest BCUT2D eigenvalue weighted by molar-refractivity contribution is -0.158. The highest BCUT2D eigenvalue weighted by Crippen LogP contribution is 2.29. The number of hydrogen-bond acceptors (Lipinski definition) is 6. The van der Waals surface area contributed by atoms with Gasteiger partial charge in [-0.25, -0.2) is 0 Å². The Bertz CT molecular complexity index is 438. The molecule has 1 aromatic rings. The normalized spacial score (nSPS) is 11.2. The van der Waals surface area contributed by atoms with E-state index in [0.717, 1.165) is 31.9 Å². The Labute approximate surface area is 116 Å². The van der Waals surface area contributed by atoms with Gasteiger partial charge in [-0.15, -0.1) is 10.2 Å². The summed E-state index contributed by atoms with van der Waals surface area (Å²) in [6, 6.07) is 0. The monoisotopic (exact) mass is 282 g/mol. The van der Waals surface area contributed by atoms with Crippen molar-refractivity contribution in [3.8, 4) is 0 Å². The Balaban J connectivity index is 2.90. The minimum absolute atomic E-state index is 0.0399. The Morgan fingerprint density at radius 1 is 1.10 bits per heavy atom. The van der Waals surface area contributed by atoms with Crippen LogP contribution in [-0.2, 0) is 15.0 Å². The van der Waals surface area contributed by atoms with E-state index >= 15 is 0 Å². The molecule has 0 aliphatic rings. The molecule has 2 N–H and O–H groups in total. The van der Waals surface area contributed by atoms with Crippen molar-refractivity contribution in [2.75, 3.05) is 0 Å². The van der Waals surface area contributed by atoms with E-state index in [4.69, 9.17) is 0 Å². The maximum absolute atomic E-state index is 11.5. The first-order valence-corrected chi connectivity index (χ1v) is 6.54. The third-order valence-corrected chi connectivity index (χ3v) is 3.25. The number of carboxylic acids is 2. The van der Waals surface area contributed by atoms with Crippen molar-refractivity contribution in [2.45, 2.75) is 50.9 Å². The second-order valence-corrected chi connectivity index (χ2v) is 4.59. The van der Waals surface area contributed by atoms with Crippen LogP contribution in [0.2, 0.25) is 0 Å². The second-order valence-electron chi connectivity index (χ2n) is 4.59. The molecule has 8 nitrogen and oxygen atoms in total. The molecule has 0 aliphatic carbocycles. The SMILES string of the molecule is CCCCCCCC(C(=O)O)(C(=O)O)c1cnnnn1. The van der Waals surface area contributed by atoms with E-state index in [9.17, 15) is 19.8 Å². The van der Waals surface area contributed by atoms with Gasteiger partial charge in [0.2, 0.25) is 5.41 Å². The molecule has 0 saturated carbocycles. The Kier molecular flexibility index (Phi) is 5.95. The lowest BCUT2D eigenvalue weighted by Crippen LogP contribution is -2.45. The van der Waals surface area contributed by atoms with Gasteiger partial charge in [-0.1, -0.05) is 39.0 Å². The molecule has 1 aromatic heterocycles. The molecule has 0 saturated heterocycles. The van der Waals surface area contributed by atoms with Crippen molar-refractivity contribution in [2.24, 2.45) is 0 Å². The zero-order valence-corrected chi connectivity index (χ0v) is 11.3. The lowest BCUT2D eigenvalue weighted by Gasteiger charge is -2.22. The minimum Gasteiger partial charge on any atom is -0.480 e. The summed E-state index contributed by atoms with van der Waals surface area (Å²) in [4.78, 5) is 23.0. The van der Waals surface area contributed by atoms with Crippen LogP contribution in [0.5, 0.6) is 0 Å². The predicted molar refractivity (Wildman–Crippen MR) is 67.9 cm³/mol. The first-order valence-electron chi connectivity index (χ1n) is 6.54. The molecule has 1 rings (SSSR count). The fourth-order valence-corrected chi connectivity index (χ4v) is 2.04. The smallest absolute Gasteiger partial charge is 0.327 e. The van der Waals surface area contributed by atoms with Crippen LogP contribution in [0.25, 0.3) is 0 Å². The molecular formula is C12H18N4O4. The van der Waals surface area contributed by atoms with Gasteiger partial charge in [0, 0.05) is 0 Å². The topological polar surface area (TPSA) is 126 Å². The van der Waals surface area contributed by atoms with E-state index in [1.54, 1.807) is 0 Å². The van der Waals surface area contributed by atoms with Gasteiger partial charge in [0.15, 0.2) is 0 Å². The van der Waals surface area contributed by atoms with E-state index in [-0.39, 0.29) is 12.1 Å². The summed E-state index contributed by atoms with van der Waals surface area (Å²) in [6.45, 7) is 2.07. The molecule has 0 radical (unpaired) electrons. The van der Waals surface area contributed by atoms with Crippen LogP contribution in [0.4, 0.5) is 0 Å².